The number of imidazole rings is 1. The van der Waals surface area contributed by atoms with Gasteiger partial charge in [0.05, 0.1) is 12.0 Å². The molecule has 218 valence electrons. The molecule has 1 rings (SSSR count). The van der Waals surface area contributed by atoms with Crippen molar-refractivity contribution >= 4 is 0 Å². The zero-order valence-corrected chi connectivity index (χ0v) is 26.1. The van der Waals surface area contributed by atoms with E-state index < -0.39 is 0 Å². The molecule has 0 aliphatic carbocycles. The van der Waals surface area contributed by atoms with E-state index in [1.165, 1.54) is 173 Å². The molecule has 2 heteroatoms. The average Bonchev–Trinajstić information content (AvgIpc) is 3.39. The fraction of sp³-hybridized carbons (Fsp3) is 0.914. The number of rotatable bonds is 28. The van der Waals surface area contributed by atoms with Gasteiger partial charge >= 0.3 is 0 Å². The predicted molar refractivity (Wildman–Crippen MR) is 166 cm³/mol. The number of nitrogens with one attached hydrogen (secondary N) is 1. The van der Waals surface area contributed by atoms with Gasteiger partial charge in [-0.15, -0.1) is 0 Å². The molecule has 0 aliphatic heterocycles. The molecule has 37 heavy (non-hydrogen) atoms. The van der Waals surface area contributed by atoms with Gasteiger partial charge in [-0.2, -0.15) is 0 Å². The Hall–Kier alpha value is -0.790. The second-order valence-electron chi connectivity index (χ2n) is 12.2. The van der Waals surface area contributed by atoms with Crippen molar-refractivity contribution < 1.29 is 4.57 Å². The van der Waals surface area contributed by atoms with Crippen LogP contribution in [0.2, 0.25) is 0 Å². The molecule has 0 saturated carbocycles. The van der Waals surface area contributed by atoms with Gasteiger partial charge in [0.2, 0.25) is 0 Å². The van der Waals surface area contributed by atoms with E-state index in [9.17, 15) is 0 Å². The van der Waals surface area contributed by atoms with Crippen molar-refractivity contribution in [3.8, 4) is 0 Å². The van der Waals surface area contributed by atoms with E-state index >= 15 is 0 Å². The van der Waals surface area contributed by atoms with Gasteiger partial charge in [-0.3, -0.25) is 0 Å². The Morgan fingerprint density at radius 1 is 0.514 bits per heavy atom. The van der Waals surface area contributed by atoms with Gasteiger partial charge in [-0.1, -0.05) is 168 Å². The van der Waals surface area contributed by atoms with Crippen LogP contribution < -0.4 is 4.57 Å². The normalized spacial score (nSPS) is 13.3. The van der Waals surface area contributed by atoms with Gasteiger partial charge in [0, 0.05) is 0 Å². The summed E-state index contributed by atoms with van der Waals surface area (Å²) in [6, 6.07) is 0.615. The predicted octanol–water partition coefficient (Wildman–Crippen LogP) is 12.1. The first-order valence-electron chi connectivity index (χ1n) is 17.3. The summed E-state index contributed by atoms with van der Waals surface area (Å²) in [6.07, 6.45) is 41.4. The van der Waals surface area contributed by atoms with Crippen LogP contribution in [0.1, 0.15) is 212 Å². The number of hydrogen-bond donors (Lipinski definition) is 1. The lowest BCUT2D eigenvalue weighted by molar-refractivity contribution is -0.727. The second kappa shape index (κ2) is 25.5. The number of aromatic nitrogens is 2. The number of hydrogen-bond acceptors (Lipinski definition) is 0. The van der Waals surface area contributed by atoms with Crippen LogP contribution in [0.5, 0.6) is 0 Å². The Labute approximate surface area is 234 Å². The molecule has 0 aliphatic rings. The first-order valence-corrected chi connectivity index (χ1v) is 17.3. The largest absolute Gasteiger partial charge is 0.257 e. The van der Waals surface area contributed by atoms with E-state index in [2.05, 4.69) is 49.6 Å². The summed E-state index contributed by atoms with van der Waals surface area (Å²) < 4.78 is 2.57. The summed E-state index contributed by atoms with van der Waals surface area (Å²) in [5.74, 6) is 2.23. The van der Waals surface area contributed by atoms with Crippen LogP contribution in [0.15, 0.2) is 12.4 Å². The van der Waals surface area contributed by atoms with Crippen LogP contribution in [-0.4, -0.2) is 4.98 Å². The van der Waals surface area contributed by atoms with Crippen molar-refractivity contribution in [3.63, 3.8) is 0 Å². The van der Waals surface area contributed by atoms with E-state index in [1.54, 1.807) is 0 Å². The number of aromatic amines is 1. The van der Waals surface area contributed by atoms with Crippen molar-refractivity contribution in [3.05, 3.63) is 18.2 Å². The minimum absolute atomic E-state index is 0.615. The highest BCUT2D eigenvalue weighted by Gasteiger charge is 2.25. The zero-order chi connectivity index (χ0) is 26.8. The molecule has 1 heterocycles. The Balaban J connectivity index is 2.24. The fourth-order valence-electron chi connectivity index (χ4n) is 6.16. The average molecular weight is 518 g/mol. The molecule has 0 bridgehead atoms. The molecular formula is C35H69N2+. The van der Waals surface area contributed by atoms with Gasteiger partial charge < -0.3 is 0 Å². The molecule has 1 N–H and O–H groups in total. The van der Waals surface area contributed by atoms with E-state index in [0.717, 1.165) is 0 Å². The summed E-state index contributed by atoms with van der Waals surface area (Å²) in [5.41, 5.74) is 0. The topological polar surface area (TPSA) is 19.7 Å². The Morgan fingerprint density at radius 3 is 1.27 bits per heavy atom. The van der Waals surface area contributed by atoms with Crippen LogP contribution in [0.3, 0.4) is 0 Å². The quantitative estimate of drug-likeness (QED) is 0.0842. The van der Waals surface area contributed by atoms with Gasteiger partial charge in [-0.05, 0) is 26.2 Å². The van der Waals surface area contributed by atoms with Crippen LogP contribution in [0.25, 0.3) is 0 Å². The maximum atomic E-state index is 3.68. The third kappa shape index (κ3) is 18.2. The van der Waals surface area contributed by atoms with Crippen molar-refractivity contribution in [2.45, 2.75) is 207 Å². The standard InChI is InChI=1S/C35H68N2/c1-5-8-10-12-14-15-16-17-18-19-20-21-23-25-27-30-34(29-26-24-22-13-11-9-6-2)35-36-31-32-37(35)33(4)28-7-3/h31-34H,5-30H2,1-4H3/p+1. The number of unbranched alkanes of at least 4 members (excludes halogenated alkanes) is 20. The molecule has 1 aromatic heterocycles. The maximum absolute atomic E-state index is 3.68. The maximum Gasteiger partial charge on any atom is 0.257 e. The van der Waals surface area contributed by atoms with Crippen LogP contribution in [0, 0.1) is 0 Å². The highest BCUT2D eigenvalue weighted by atomic mass is 15.1. The molecule has 1 aromatic rings. The van der Waals surface area contributed by atoms with Crippen molar-refractivity contribution in [1.29, 1.82) is 0 Å². The third-order valence-corrected chi connectivity index (χ3v) is 8.62. The van der Waals surface area contributed by atoms with E-state index in [4.69, 9.17) is 0 Å². The van der Waals surface area contributed by atoms with Crippen molar-refractivity contribution in [2.24, 2.45) is 0 Å². The van der Waals surface area contributed by atoms with Crippen LogP contribution in [-0.2, 0) is 0 Å². The van der Waals surface area contributed by atoms with Crippen LogP contribution in [0.4, 0.5) is 0 Å². The summed E-state index contributed by atoms with van der Waals surface area (Å²) in [7, 11) is 0. The Morgan fingerprint density at radius 2 is 0.892 bits per heavy atom. The fourth-order valence-corrected chi connectivity index (χ4v) is 6.16. The SMILES string of the molecule is CCCCCCCCCCCCCCCCCC(CCCCCCCCC)c1[nH]cc[n+]1C(C)CCC. The molecule has 0 saturated heterocycles. The lowest BCUT2D eigenvalue weighted by Gasteiger charge is -2.17. The van der Waals surface area contributed by atoms with E-state index in [0.29, 0.717) is 12.0 Å². The zero-order valence-electron chi connectivity index (χ0n) is 26.1. The van der Waals surface area contributed by atoms with E-state index in [1.807, 2.05) is 0 Å². The molecule has 0 amide bonds. The number of nitrogens with zero attached hydrogens (tertiary/aromatic N) is 1. The molecule has 2 nitrogen and oxygen atoms in total. The first kappa shape index (κ1) is 34.2. The number of H-pyrrole nitrogens is 1. The van der Waals surface area contributed by atoms with Gasteiger partial charge in [-0.25, -0.2) is 9.55 Å². The first-order chi connectivity index (χ1) is 18.2. The van der Waals surface area contributed by atoms with Gasteiger partial charge in [0.25, 0.3) is 5.82 Å². The molecule has 2 unspecified atom stereocenters. The van der Waals surface area contributed by atoms with E-state index in [-0.39, 0.29) is 0 Å². The van der Waals surface area contributed by atoms with Gasteiger partial charge in [0.15, 0.2) is 0 Å². The van der Waals surface area contributed by atoms with Crippen molar-refractivity contribution in [1.82, 2.24) is 4.98 Å². The lowest BCUT2D eigenvalue weighted by Crippen LogP contribution is -2.41. The van der Waals surface area contributed by atoms with Crippen molar-refractivity contribution in [2.75, 3.05) is 0 Å². The molecule has 0 aromatic carbocycles. The molecule has 0 fully saturated rings. The molecule has 2 atom stereocenters. The molecule has 0 radical (unpaired) electrons. The summed E-state index contributed by atoms with van der Waals surface area (Å²) in [4.78, 5) is 3.68. The highest BCUT2D eigenvalue weighted by molar-refractivity contribution is 4.90. The van der Waals surface area contributed by atoms with Crippen LogP contribution >= 0.6 is 0 Å². The minimum Gasteiger partial charge on any atom is -0.247 e. The summed E-state index contributed by atoms with van der Waals surface area (Å²) >= 11 is 0. The summed E-state index contributed by atoms with van der Waals surface area (Å²) in [5, 5.41) is 0. The Bertz CT molecular complexity index is 578. The minimum atomic E-state index is 0.615. The molecule has 0 spiro atoms. The smallest absolute Gasteiger partial charge is 0.247 e. The lowest BCUT2D eigenvalue weighted by atomic mass is 9.93. The molecular weight excluding hydrogens is 448 g/mol. The highest BCUT2D eigenvalue weighted by Crippen LogP contribution is 2.27. The third-order valence-electron chi connectivity index (χ3n) is 8.62. The summed E-state index contributed by atoms with van der Waals surface area (Å²) in [6.45, 7) is 9.34. The second-order valence-corrected chi connectivity index (χ2v) is 12.2. The Kier molecular flexibility index (Phi) is 23.6. The monoisotopic (exact) mass is 518 g/mol. The van der Waals surface area contributed by atoms with Gasteiger partial charge in [0.1, 0.15) is 12.4 Å².